The highest BCUT2D eigenvalue weighted by atomic mass is 16.3. The van der Waals surface area contributed by atoms with E-state index in [4.69, 9.17) is 10.2 Å². The van der Waals surface area contributed by atoms with Crippen molar-refractivity contribution in [1.82, 2.24) is 15.3 Å². The molecule has 2 aromatic heterocycles. The van der Waals surface area contributed by atoms with Gasteiger partial charge in [0.1, 0.15) is 11.4 Å². The highest BCUT2D eigenvalue weighted by Gasteiger charge is 2.24. The van der Waals surface area contributed by atoms with Gasteiger partial charge >= 0.3 is 0 Å². The molecule has 1 aliphatic rings. The summed E-state index contributed by atoms with van der Waals surface area (Å²) in [5.41, 5.74) is 8.91. The van der Waals surface area contributed by atoms with Gasteiger partial charge in [0.2, 0.25) is 5.95 Å². The predicted molar refractivity (Wildman–Crippen MR) is 89.1 cm³/mol. The molecule has 3 aromatic rings. The van der Waals surface area contributed by atoms with E-state index in [1.165, 1.54) is 11.1 Å². The van der Waals surface area contributed by atoms with Gasteiger partial charge in [-0.05, 0) is 42.2 Å². The topological polar surface area (TPSA) is 94.0 Å². The molecule has 1 aromatic carbocycles. The number of nitrogens with zero attached hydrogens (tertiary/aromatic N) is 2. The van der Waals surface area contributed by atoms with Crippen molar-refractivity contribution in [3.63, 3.8) is 0 Å². The Morgan fingerprint density at radius 2 is 2.08 bits per heavy atom. The van der Waals surface area contributed by atoms with E-state index in [2.05, 4.69) is 27.4 Å². The highest BCUT2D eigenvalue weighted by molar-refractivity contribution is 5.93. The smallest absolute Gasteiger partial charge is 0.270 e. The minimum absolute atomic E-state index is 0.00282. The monoisotopic (exact) mass is 320 g/mol. The molecule has 0 aliphatic heterocycles. The zero-order valence-corrected chi connectivity index (χ0v) is 12.9. The van der Waals surface area contributed by atoms with E-state index < -0.39 is 0 Å². The van der Waals surface area contributed by atoms with Gasteiger partial charge in [-0.1, -0.05) is 24.3 Å². The SMILES string of the molecule is Nc1nc(C(=O)NC2CCc3ccccc32)cc(-c2ccco2)n1. The number of anilines is 1. The molecule has 1 aliphatic carbocycles. The van der Waals surface area contributed by atoms with Gasteiger partial charge in [-0.15, -0.1) is 0 Å². The molecule has 24 heavy (non-hydrogen) atoms. The van der Waals surface area contributed by atoms with E-state index in [-0.39, 0.29) is 23.6 Å². The molecule has 6 nitrogen and oxygen atoms in total. The van der Waals surface area contributed by atoms with Gasteiger partial charge in [-0.25, -0.2) is 9.97 Å². The second-order valence-corrected chi connectivity index (χ2v) is 5.74. The van der Waals surface area contributed by atoms with Crippen molar-refractivity contribution in [2.75, 3.05) is 5.73 Å². The third kappa shape index (κ3) is 2.62. The van der Waals surface area contributed by atoms with Crippen LogP contribution in [0.4, 0.5) is 5.95 Å². The quantitative estimate of drug-likeness (QED) is 0.774. The Kier molecular flexibility index (Phi) is 3.49. The van der Waals surface area contributed by atoms with E-state index in [1.54, 1.807) is 24.5 Å². The third-order valence-electron chi connectivity index (χ3n) is 4.19. The number of carbonyl (C=O) groups is 1. The molecular formula is C18H16N4O2. The summed E-state index contributed by atoms with van der Waals surface area (Å²) in [5.74, 6) is 0.323. The van der Waals surface area contributed by atoms with Gasteiger partial charge in [0.15, 0.2) is 5.76 Å². The van der Waals surface area contributed by atoms with Gasteiger partial charge in [-0.2, -0.15) is 0 Å². The van der Waals surface area contributed by atoms with E-state index in [0.29, 0.717) is 11.5 Å². The van der Waals surface area contributed by atoms with Gasteiger partial charge in [0, 0.05) is 0 Å². The summed E-state index contributed by atoms with van der Waals surface area (Å²) in [6.45, 7) is 0. The second-order valence-electron chi connectivity index (χ2n) is 5.74. The summed E-state index contributed by atoms with van der Waals surface area (Å²) in [4.78, 5) is 20.8. The lowest BCUT2D eigenvalue weighted by Crippen LogP contribution is -2.28. The molecule has 0 fully saturated rings. The maximum atomic E-state index is 12.6. The number of nitrogens with two attached hydrogens (primary N) is 1. The summed E-state index contributed by atoms with van der Waals surface area (Å²) >= 11 is 0. The molecule has 2 heterocycles. The average molecular weight is 320 g/mol. The molecule has 4 rings (SSSR count). The van der Waals surface area contributed by atoms with Crippen LogP contribution in [0.1, 0.15) is 34.1 Å². The summed E-state index contributed by atoms with van der Waals surface area (Å²) in [5, 5.41) is 3.04. The first-order valence-electron chi connectivity index (χ1n) is 7.78. The standard InChI is InChI=1S/C18H16N4O2/c19-18-21-14(16-6-3-9-24-16)10-15(22-18)17(23)20-13-8-7-11-4-1-2-5-12(11)13/h1-6,9-10,13H,7-8H2,(H,20,23)(H2,19,21,22). The van der Waals surface area contributed by atoms with E-state index in [9.17, 15) is 4.79 Å². The van der Waals surface area contributed by atoms with Crippen LogP contribution in [-0.2, 0) is 6.42 Å². The van der Waals surface area contributed by atoms with Gasteiger partial charge < -0.3 is 15.5 Å². The summed E-state index contributed by atoms with van der Waals surface area (Å²) < 4.78 is 5.31. The lowest BCUT2D eigenvalue weighted by molar-refractivity contribution is 0.0931. The Morgan fingerprint density at radius 3 is 2.92 bits per heavy atom. The Morgan fingerprint density at radius 1 is 1.21 bits per heavy atom. The molecule has 1 amide bonds. The van der Waals surface area contributed by atoms with Crippen LogP contribution in [0.5, 0.6) is 0 Å². The number of furan rings is 1. The van der Waals surface area contributed by atoms with E-state index in [1.807, 2.05) is 12.1 Å². The minimum Gasteiger partial charge on any atom is -0.463 e. The average Bonchev–Trinajstić information content (AvgIpc) is 3.25. The Labute approximate surface area is 138 Å². The number of rotatable bonds is 3. The molecule has 0 spiro atoms. The van der Waals surface area contributed by atoms with Crippen molar-refractivity contribution >= 4 is 11.9 Å². The third-order valence-corrected chi connectivity index (χ3v) is 4.19. The summed E-state index contributed by atoms with van der Waals surface area (Å²) in [6.07, 6.45) is 3.39. The molecule has 1 unspecified atom stereocenters. The van der Waals surface area contributed by atoms with E-state index in [0.717, 1.165) is 12.8 Å². The van der Waals surface area contributed by atoms with Crippen LogP contribution in [-0.4, -0.2) is 15.9 Å². The predicted octanol–water partition coefficient (Wildman–Crippen LogP) is 2.74. The van der Waals surface area contributed by atoms with Crippen LogP contribution in [0, 0.1) is 0 Å². The zero-order valence-electron chi connectivity index (χ0n) is 12.9. The van der Waals surface area contributed by atoms with Crippen LogP contribution >= 0.6 is 0 Å². The van der Waals surface area contributed by atoms with Crippen LogP contribution in [0.2, 0.25) is 0 Å². The van der Waals surface area contributed by atoms with Gasteiger partial charge in [-0.3, -0.25) is 4.79 Å². The maximum Gasteiger partial charge on any atom is 0.270 e. The first-order chi connectivity index (χ1) is 11.7. The van der Waals surface area contributed by atoms with Crippen molar-refractivity contribution in [2.24, 2.45) is 0 Å². The largest absolute Gasteiger partial charge is 0.463 e. The number of hydrogen-bond acceptors (Lipinski definition) is 5. The number of nitrogen functional groups attached to an aromatic ring is 1. The number of benzene rings is 1. The van der Waals surface area contributed by atoms with Crippen molar-refractivity contribution in [2.45, 2.75) is 18.9 Å². The van der Waals surface area contributed by atoms with Crippen LogP contribution in [0.3, 0.4) is 0 Å². The van der Waals surface area contributed by atoms with Crippen LogP contribution < -0.4 is 11.1 Å². The number of nitrogens with one attached hydrogen (secondary N) is 1. The summed E-state index contributed by atoms with van der Waals surface area (Å²) in [6, 6.07) is 13.3. The maximum absolute atomic E-state index is 12.6. The lowest BCUT2D eigenvalue weighted by atomic mass is 10.1. The fourth-order valence-electron chi connectivity index (χ4n) is 3.07. The van der Waals surface area contributed by atoms with Crippen molar-refractivity contribution < 1.29 is 9.21 Å². The Bertz CT molecular complexity index is 890. The Hall–Kier alpha value is -3.15. The molecule has 0 bridgehead atoms. The number of amides is 1. The fourth-order valence-corrected chi connectivity index (χ4v) is 3.07. The number of fused-ring (bicyclic) bond motifs is 1. The fraction of sp³-hybridized carbons (Fsp3) is 0.167. The molecule has 0 radical (unpaired) electrons. The van der Waals surface area contributed by atoms with Gasteiger partial charge in [0.25, 0.3) is 5.91 Å². The number of hydrogen-bond donors (Lipinski definition) is 2. The first-order valence-corrected chi connectivity index (χ1v) is 7.78. The van der Waals surface area contributed by atoms with Crippen molar-refractivity contribution in [3.05, 3.63) is 65.5 Å². The molecule has 1 atom stereocenters. The molecule has 6 heteroatoms. The lowest BCUT2D eigenvalue weighted by Gasteiger charge is -2.14. The molecular weight excluding hydrogens is 304 g/mol. The molecule has 0 saturated heterocycles. The van der Waals surface area contributed by atoms with Gasteiger partial charge in [0.05, 0.1) is 12.3 Å². The van der Waals surface area contributed by atoms with Crippen molar-refractivity contribution in [1.29, 1.82) is 0 Å². The van der Waals surface area contributed by atoms with Crippen molar-refractivity contribution in [3.8, 4) is 11.5 Å². The molecule has 120 valence electrons. The van der Waals surface area contributed by atoms with Crippen LogP contribution in [0.25, 0.3) is 11.5 Å². The normalized spacial score (nSPS) is 15.9. The number of aryl methyl sites for hydroxylation is 1. The number of carbonyl (C=O) groups excluding carboxylic acids is 1. The number of aromatic nitrogens is 2. The minimum atomic E-state index is -0.265. The van der Waals surface area contributed by atoms with E-state index >= 15 is 0 Å². The zero-order chi connectivity index (χ0) is 16.5. The Balaban J connectivity index is 1.59. The molecule has 3 N–H and O–H groups in total. The summed E-state index contributed by atoms with van der Waals surface area (Å²) in [7, 11) is 0. The first kappa shape index (κ1) is 14.4. The molecule has 0 saturated carbocycles. The van der Waals surface area contributed by atoms with Crippen LogP contribution in [0.15, 0.2) is 53.1 Å². The second kappa shape index (κ2) is 5.81. The highest BCUT2D eigenvalue weighted by Crippen LogP contribution is 2.31.